The van der Waals surface area contributed by atoms with E-state index in [2.05, 4.69) is 47.4 Å². The van der Waals surface area contributed by atoms with Crippen molar-refractivity contribution >= 4 is 57.0 Å². The molecule has 4 rings (SSSR count). The van der Waals surface area contributed by atoms with Crippen LogP contribution in [0, 0.1) is 11.3 Å². The summed E-state index contributed by atoms with van der Waals surface area (Å²) in [6.07, 6.45) is 6.00. The van der Waals surface area contributed by atoms with Crippen molar-refractivity contribution in [2.24, 2.45) is 0 Å². The summed E-state index contributed by atoms with van der Waals surface area (Å²) in [5.41, 5.74) is 7.84. The summed E-state index contributed by atoms with van der Waals surface area (Å²) >= 11 is 0. The monoisotopic (exact) mass is 548 g/mol. The topological polar surface area (TPSA) is 85.3 Å². The second-order valence-electron chi connectivity index (χ2n) is 9.27. The van der Waals surface area contributed by atoms with Gasteiger partial charge in [-0.3, -0.25) is 4.55 Å². The molecule has 194 valence electrons. The van der Waals surface area contributed by atoms with Gasteiger partial charge >= 0.3 is 29.6 Å². The molecule has 0 aliphatic carbocycles. The van der Waals surface area contributed by atoms with E-state index in [1.165, 1.54) is 0 Å². The predicted molar refractivity (Wildman–Crippen MR) is 160 cm³/mol. The molecule has 0 radical (unpaired) electrons. The number of anilines is 1. The number of nitriles is 1. The zero-order chi connectivity index (χ0) is 27.1. The molecule has 3 aromatic carbocycles. The van der Waals surface area contributed by atoms with E-state index < -0.39 is 10.1 Å². The molecule has 0 saturated heterocycles. The fourth-order valence-electron chi connectivity index (χ4n) is 4.14. The van der Waals surface area contributed by atoms with Crippen molar-refractivity contribution in [2.45, 2.75) is 13.0 Å². The van der Waals surface area contributed by atoms with Crippen LogP contribution in [0.4, 0.5) is 5.69 Å². The summed E-state index contributed by atoms with van der Waals surface area (Å²) < 4.78 is 32.5. The molecule has 0 aliphatic rings. The molecule has 0 spiro atoms. The Morgan fingerprint density at radius 3 is 1.82 bits per heavy atom. The Balaban J connectivity index is 0.00000420. The number of aryl methyl sites for hydroxylation is 1. The first-order valence-corrected chi connectivity index (χ1v) is 13.9. The van der Waals surface area contributed by atoms with Crippen LogP contribution < -0.4 is 9.47 Å². The Morgan fingerprint density at radius 1 is 0.846 bits per heavy atom. The second kappa shape index (κ2) is 13.7. The van der Waals surface area contributed by atoms with Gasteiger partial charge in [-0.2, -0.15) is 13.7 Å². The van der Waals surface area contributed by atoms with Gasteiger partial charge in [0.05, 0.1) is 17.4 Å². The Morgan fingerprint density at radius 2 is 1.33 bits per heavy atom. The maximum absolute atomic E-state index is 10.9. The van der Waals surface area contributed by atoms with Gasteiger partial charge in [0.25, 0.3) is 10.1 Å². The van der Waals surface area contributed by atoms with Crippen LogP contribution in [0.3, 0.4) is 0 Å². The van der Waals surface area contributed by atoms with Gasteiger partial charge in [0.2, 0.25) is 0 Å². The quantitative estimate of drug-likeness (QED) is 0.104. The van der Waals surface area contributed by atoms with Crippen LogP contribution >= 0.6 is 0 Å². The molecule has 0 unspecified atom stereocenters. The number of aromatic nitrogens is 1. The van der Waals surface area contributed by atoms with Crippen molar-refractivity contribution in [1.82, 2.24) is 0 Å². The fraction of sp³-hybridized carbons (Fsp3) is 0.161. The first kappa shape index (κ1) is 30.3. The molecule has 0 amide bonds. The number of nitrogens with zero attached hydrogens (tertiary/aromatic N) is 3. The molecule has 39 heavy (non-hydrogen) atoms. The number of allylic oxidation sites excluding steroid dienone is 1. The number of rotatable bonds is 9. The summed E-state index contributed by atoms with van der Waals surface area (Å²) in [6, 6.07) is 30.7. The van der Waals surface area contributed by atoms with Crippen molar-refractivity contribution in [1.29, 1.82) is 5.26 Å². The summed E-state index contributed by atoms with van der Waals surface area (Å²) in [5.74, 6) is -0.257. The SMILES string of the molecule is CN(C)c1ccc(-c2ccc(/C=C(\C#N)c3ccc(-c4cc[n+](CCCS(=O)(=O)O)cc4)cc3)cc2)cc1.[NaH]. The Bertz CT molecular complexity index is 1560. The third-order valence-corrected chi connectivity index (χ3v) is 7.10. The molecule has 0 bridgehead atoms. The van der Waals surface area contributed by atoms with Gasteiger partial charge in [-0.1, -0.05) is 60.7 Å². The van der Waals surface area contributed by atoms with E-state index in [0.717, 1.165) is 39.1 Å². The fourth-order valence-corrected chi connectivity index (χ4v) is 4.64. The summed E-state index contributed by atoms with van der Waals surface area (Å²) in [6.45, 7) is 0.499. The van der Waals surface area contributed by atoms with Crippen LogP contribution in [-0.2, 0) is 16.7 Å². The first-order chi connectivity index (χ1) is 18.2. The first-order valence-electron chi connectivity index (χ1n) is 12.3. The minimum absolute atomic E-state index is 0. The molecule has 4 aromatic rings. The molecule has 1 aromatic heterocycles. The van der Waals surface area contributed by atoms with Crippen LogP contribution in [0.2, 0.25) is 0 Å². The van der Waals surface area contributed by atoms with E-state index in [1.807, 2.05) is 85.7 Å². The molecule has 0 atom stereocenters. The van der Waals surface area contributed by atoms with E-state index in [4.69, 9.17) is 4.55 Å². The Kier molecular flexibility index (Phi) is 10.6. The van der Waals surface area contributed by atoms with E-state index in [9.17, 15) is 13.7 Å². The molecule has 1 N–H and O–H groups in total. The minimum atomic E-state index is -3.94. The second-order valence-corrected chi connectivity index (χ2v) is 10.8. The molecule has 1 heterocycles. The van der Waals surface area contributed by atoms with Crippen molar-refractivity contribution in [3.8, 4) is 28.3 Å². The van der Waals surface area contributed by atoms with Gasteiger partial charge in [0, 0.05) is 38.3 Å². The number of benzene rings is 3. The molecular formula is C31H31N3NaO3S+. The summed E-state index contributed by atoms with van der Waals surface area (Å²) in [4.78, 5) is 2.07. The average molecular weight is 549 g/mol. The molecule has 0 fully saturated rings. The van der Waals surface area contributed by atoms with Gasteiger partial charge in [-0.05, 0) is 51.6 Å². The van der Waals surface area contributed by atoms with Crippen molar-refractivity contribution in [2.75, 3.05) is 24.7 Å². The molecule has 8 heteroatoms. The summed E-state index contributed by atoms with van der Waals surface area (Å²) in [7, 11) is 0.106. The van der Waals surface area contributed by atoms with E-state index in [1.54, 1.807) is 0 Å². The van der Waals surface area contributed by atoms with Crippen LogP contribution in [-0.4, -0.2) is 62.4 Å². The van der Waals surface area contributed by atoms with Crippen LogP contribution in [0.25, 0.3) is 33.9 Å². The molecule has 0 aliphatic heterocycles. The Hall–Kier alpha value is -3.25. The van der Waals surface area contributed by atoms with Crippen molar-refractivity contribution < 1.29 is 17.5 Å². The van der Waals surface area contributed by atoms with E-state index in [0.29, 0.717) is 18.5 Å². The maximum atomic E-state index is 10.9. The normalized spacial score (nSPS) is 11.4. The van der Waals surface area contributed by atoms with Gasteiger partial charge in [-0.25, -0.2) is 4.57 Å². The van der Waals surface area contributed by atoms with Crippen LogP contribution in [0.15, 0.2) is 97.3 Å². The predicted octanol–water partition coefficient (Wildman–Crippen LogP) is 5.07. The number of pyridine rings is 1. The van der Waals surface area contributed by atoms with Gasteiger partial charge in [0.15, 0.2) is 12.4 Å². The van der Waals surface area contributed by atoms with Gasteiger partial charge in [-0.15, -0.1) is 0 Å². The van der Waals surface area contributed by atoms with Crippen LogP contribution in [0.1, 0.15) is 17.5 Å². The molecular weight excluding hydrogens is 517 g/mol. The Labute approximate surface area is 252 Å². The van der Waals surface area contributed by atoms with Crippen LogP contribution in [0.5, 0.6) is 0 Å². The van der Waals surface area contributed by atoms with Gasteiger partial charge in [0.1, 0.15) is 6.54 Å². The third-order valence-electron chi connectivity index (χ3n) is 6.30. The van der Waals surface area contributed by atoms with Crippen molar-refractivity contribution in [3.05, 3.63) is 108 Å². The third kappa shape index (κ3) is 8.62. The number of hydrogen-bond acceptors (Lipinski definition) is 4. The van der Waals surface area contributed by atoms with E-state index >= 15 is 0 Å². The molecule has 0 saturated carbocycles. The molecule has 6 nitrogen and oxygen atoms in total. The van der Waals surface area contributed by atoms with E-state index in [-0.39, 0.29) is 35.3 Å². The average Bonchev–Trinajstić information content (AvgIpc) is 2.92. The summed E-state index contributed by atoms with van der Waals surface area (Å²) in [5, 5.41) is 9.80. The standard InChI is InChI=1S/C31H29N3O3S.Na.H/c1-33(2)31-14-12-27(13-15-31)25-6-4-24(5-7-25)22-30(23-32)28-10-8-26(9-11-28)29-16-19-34(20-17-29)18-3-21-38(35,36)37;;/h4-17,19-20,22H,3,18,21H2,1-2H3;;/p+1. The zero-order valence-electron chi connectivity index (χ0n) is 21.4. The zero-order valence-corrected chi connectivity index (χ0v) is 22.3. The van der Waals surface area contributed by atoms with Gasteiger partial charge < -0.3 is 4.90 Å². The van der Waals surface area contributed by atoms with Crippen molar-refractivity contribution in [3.63, 3.8) is 0 Å². The number of hydrogen-bond donors (Lipinski definition) is 1.